The van der Waals surface area contributed by atoms with Crippen LogP contribution in [0.4, 0.5) is 0 Å². The lowest BCUT2D eigenvalue weighted by Crippen LogP contribution is -2.32. The summed E-state index contributed by atoms with van der Waals surface area (Å²) in [5.74, 6) is 0.287. The second-order valence-corrected chi connectivity index (χ2v) is 5.33. The van der Waals surface area contributed by atoms with Crippen LogP contribution in [0, 0.1) is 19.8 Å². The topological polar surface area (TPSA) is 38.3 Å². The van der Waals surface area contributed by atoms with Crippen molar-refractivity contribution in [3.05, 3.63) is 34.9 Å². The van der Waals surface area contributed by atoms with Gasteiger partial charge in [0.15, 0.2) is 0 Å². The Labute approximate surface area is 116 Å². The molecule has 0 bridgehead atoms. The van der Waals surface area contributed by atoms with Crippen LogP contribution >= 0.6 is 0 Å². The number of esters is 1. The SMILES string of the molecule is CCOC(=O)C(NCC(C)C)c1ccc(C)c(C)c1. The molecule has 1 aromatic rings. The standard InChI is InChI=1S/C16H25NO2/c1-6-19-16(18)15(17-10-11(2)3)14-8-7-12(4)13(5)9-14/h7-9,11,15,17H,6,10H2,1-5H3. The van der Waals surface area contributed by atoms with Gasteiger partial charge in [-0.25, -0.2) is 4.79 Å². The van der Waals surface area contributed by atoms with Crippen LogP contribution in [0.2, 0.25) is 0 Å². The van der Waals surface area contributed by atoms with Crippen molar-refractivity contribution in [3.63, 3.8) is 0 Å². The molecule has 1 rings (SSSR count). The van der Waals surface area contributed by atoms with Gasteiger partial charge in [-0.3, -0.25) is 0 Å². The molecular formula is C16H25NO2. The van der Waals surface area contributed by atoms with Gasteiger partial charge in [0.2, 0.25) is 0 Å². The summed E-state index contributed by atoms with van der Waals surface area (Å²) in [4.78, 5) is 12.1. The third-order valence-electron chi connectivity index (χ3n) is 3.12. The summed E-state index contributed by atoms with van der Waals surface area (Å²) in [6, 6.07) is 5.73. The minimum absolute atomic E-state index is 0.202. The molecule has 0 spiro atoms. The second kappa shape index (κ2) is 7.29. The van der Waals surface area contributed by atoms with E-state index in [0.29, 0.717) is 12.5 Å². The fourth-order valence-corrected chi connectivity index (χ4v) is 1.86. The number of carbonyl (C=O) groups is 1. The molecule has 0 fully saturated rings. The molecule has 3 heteroatoms. The van der Waals surface area contributed by atoms with E-state index in [9.17, 15) is 4.79 Å². The summed E-state index contributed by atoms with van der Waals surface area (Å²) < 4.78 is 5.16. The first-order valence-corrected chi connectivity index (χ1v) is 6.92. The molecule has 3 nitrogen and oxygen atoms in total. The van der Waals surface area contributed by atoms with Crippen molar-refractivity contribution in [3.8, 4) is 0 Å². The summed E-state index contributed by atoms with van der Waals surface area (Å²) in [6.07, 6.45) is 0. The van der Waals surface area contributed by atoms with Crippen LogP contribution in [-0.2, 0) is 9.53 Å². The van der Waals surface area contributed by atoms with E-state index >= 15 is 0 Å². The third kappa shape index (κ3) is 4.67. The van der Waals surface area contributed by atoms with Crippen molar-refractivity contribution in [2.45, 2.75) is 40.7 Å². The first-order chi connectivity index (χ1) is 8.95. The zero-order chi connectivity index (χ0) is 14.4. The molecule has 19 heavy (non-hydrogen) atoms. The van der Waals surface area contributed by atoms with E-state index in [1.54, 1.807) is 0 Å². The van der Waals surface area contributed by atoms with Crippen molar-refractivity contribution in [1.82, 2.24) is 5.32 Å². The van der Waals surface area contributed by atoms with Gasteiger partial charge in [0.05, 0.1) is 6.61 Å². The molecule has 0 amide bonds. The summed E-state index contributed by atoms with van der Waals surface area (Å²) in [6.45, 7) is 11.4. The Morgan fingerprint density at radius 2 is 1.95 bits per heavy atom. The molecular weight excluding hydrogens is 238 g/mol. The van der Waals surface area contributed by atoms with Crippen LogP contribution < -0.4 is 5.32 Å². The fourth-order valence-electron chi connectivity index (χ4n) is 1.86. The predicted octanol–water partition coefficient (Wildman–Crippen LogP) is 3.15. The van der Waals surface area contributed by atoms with E-state index in [-0.39, 0.29) is 12.0 Å². The lowest BCUT2D eigenvalue weighted by Gasteiger charge is -2.19. The number of benzene rings is 1. The number of hydrogen-bond acceptors (Lipinski definition) is 3. The van der Waals surface area contributed by atoms with Gasteiger partial charge in [0.1, 0.15) is 6.04 Å². The van der Waals surface area contributed by atoms with Crippen LogP contribution in [0.15, 0.2) is 18.2 Å². The van der Waals surface area contributed by atoms with Crippen LogP contribution in [-0.4, -0.2) is 19.1 Å². The average molecular weight is 263 g/mol. The van der Waals surface area contributed by atoms with Crippen molar-refractivity contribution >= 4 is 5.97 Å². The van der Waals surface area contributed by atoms with Crippen molar-refractivity contribution < 1.29 is 9.53 Å². The van der Waals surface area contributed by atoms with Gasteiger partial charge in [0, 0.05) is 0 Å². The van der Waals surface area contributed by atoms with Crippen molar-refractivity contribution in [2.75, 3.05) is 13.2 Å². The first-order valence-electron chi connectivity index (χ1n) is 6.92. The highest BCUT2D eigenvalue weighted by Gasteiger charge is 2.21. The van der Waals surface area contributed by atoms with Gasteiger partial charge in [0.25, 0.3) is 0 Å². The lowest BCUT2D eigenvalue weighted by atomic mass is 10.0. The normalized spacial score (nSPS) is 12.5. The van der Waals surface area contributed by atoms with Gasteiger partial charge in [-0.1, -0.05) is 32.0 Å². The molecule has 1 aromatic carbocycles. The Hall–Kier alpha value is -1.35. The molecule has 0 saturated carbocycles. The Morgan fingerprint density at radius 1 is 1.26 bits per heavy atom. The van der Waals surface area contributed by atoms with Gasteiger partial charge >= 0.3 is 5.97 Å². The van der Waals surface area contributed by atoms with Crippen LogP contribution in [0.5, 0.6) is 0 Å². The van der Waals surface area contributed by atoms with E-state index in [1.807, 2.05) is 19.1 Å². The fraction of sp³-hybridized carbons (Fsp3) is 0.562. The highest BCUT2D eigenvalue weighted by Crippen LogP contribution is 2.19. The average Bonchev–Trinajstić information content (AvgIpc) is 2.33. The maximum atomic E-state index is 12.1. The van der Waals surface area contributed by atoms with Crippen LogP contribution in [0.25, 0.3) is 0 Å². The predicted molar refractivity (Wildman–Crippen MR) is 78.1 cm³/mol. The molecule has 1 N–H and O–H groups in total. The molecule has 0 saturated heterocycles. The Morgan fingerprint density at radius 3 is 2.47 bits per heavy atom. The van der Waals surface area contributed by atoms with E-state index in [0.717, 1.165) is 12.1 Å². The number of rotatable bonds is 6. The molecule has 1 atom stereocenters. The first kappa shape index (κ1) is 15.7. The Kier molecular flexibility index (Phi) is 6.03. The monoisotopic (exact) mass is 263 g/mol. The summed E-state index contributed by atoms with van der Waals surface area (Å²) in [7, 11) is 0. The molecule has 106 valence electrons. The molecule has 0 aliphatic rings. The van der Waals surface area contributed by atoms with E-state index in [4.69, 9.17) is 4.74 Å². The number of nitrogens with one attached hydrogen (secondary N) is 1. The Bertz CT molecular complexity index is 427. The number of aryl methyl sites for hydroxylation is 2. The highest BCUT2D eigenvalue weighted by atomic mass is 16.5. The Balaban J connectivity index is 2.93. The number of carbonyl (C=O) groups excluding carboxylic acids is 1. The largest absolute Gasteiger partial charge is 0.465 e. The smallest absolute Gasteiger partial charge is 0.327 e. The van der Waals surface area contributed by atoms with Gasteiger partial charge in [-0.2, -0.15) is 0 Å². The van der Waals surface area contributed by atoms with Crippen LogP contribution in [0.3, 0.4) is 0 Å². The zero-order valence-electron chi connectivity index (χ0n) is 12.6. The third-order valence-corrected chi connectivity index (χ3v) is 3.12. The highest BCUT2D eigenvalue weighted by molar-refractivity contribution is 5.77. The van der Waals surface area contributed by atoms with Crippen molar-refractivity contribution in [1.29, 1.82) is 0 Å². The molecule has 0 radical (unpaired) electrons. The van der Waals surface area contributed by atoms with E-state index in [1.165, 1.54) is 11.1 Å². The van der Waals surface area contributed by atoms with Gasteiger partial charge < -0.3 is 10.1 Å². The number of hydrogen-bond donors (Lipinski definition) is 1. The summed E-state index contributed by atoms with van der Waals surface area (Å²) >= 11 is 0. The number of ether oxygens (including phenoxy) is 1. The lowest BCUT2D eigenvalue weighted by molar-refractivity contribution is -0.145. The van der Waals surface area contributed by atoms with Crippen molar-refractivity contribution in [2.24, 2.45) is 5.92 Å². The molecule has 1 unspecified atom stereocenters. The minimum Gasteiger partial charge on any atom is -0.465 e. The summed E-state index contributed by atoms with van der Waals surface area (Å²) in [5, 5.41) is 3.29. The van der Waals surface area contributed by atoms with Gasteiger partial charge in [-0.15, -0.1) is 0 Å². The molecule has 0 aliphatic heterocycles. The minimum atomic E-state index is -0.373. The van der Waals surface area contributed by atoms with E-state index in [2.05, 4.69) is 39.1 Å². The van der Waals surface area contributed by atoms with E-state index < -0.39 is 0 Å². The molecule has 0 aliphatic carbocycles. The van der Waals surface area contributed by atoms with Gasteiger partial charge in [-0.05, 0) is 49.9 Å². The maximum Gasteiger partial charge on any atom is 0.327 e. The summed E-state index contributed by atoms with van der Waals surface area (Å²) in [5.41, 5.74) is 3.40. The second-order valence-electron chi connectivity index (χ2n) is 5.33. The zero-order valence-corrected chi connectivity index (χ0v) is 12.6. The molecule has 0 aromatic heterocycles. The maximum absolute atomic E-state index is 12.1. The molecule has 0 heterocycles. The van der Waals surface area contributed by atoms with Crippen LogP contribution in [0.1, 0.15) is 43.5 Å². The quantitative estimate of drug-likeness (QED) is 0.801.